The first-order chi connectivity index (χ1) is 17.2. The van der Waals surface area contributed by atoms with Crippen molar-refractivity contribution in [3.8, 4) is 0 Å². The van der Waals surface area contributed by atoms with Gasteiger partial charge in [-0.1, -0.05) is 52.2 Å². The number of rotatable bonds is 4. The zero-order valence-electron chi connectivity index (χ0n) is 22.6. The van der Waals surface area contributed by atoms with E-state index in [4.69, 9.17) is 8.37 Å². The van der Waals surface area contributed by atoms with Crippen LogP contribution in [0, 0.1) is 46.3 Å². The predicted molar refractivity (Wildman–Crippen MR) is 139 cm³/mol. The highest BCUT2D eigenvalue weighted by Crippen LogP contribution is 2.67. The molecule has 9 atom stereocenters. The van der Waals surface area contributed by atoms with Crippen molar-refractivity contribution < 1.29 is 33.9 Å². The van der Waals surface area contributed by atoms with Gasteiger partial charge in [-0.2, -0.15) is 16.8 Å². The molecular weight excluding hydrogens is 516 g/mol. The van der Waals surface area contributed by atoms with E-state index in [0.717, 1.165) is 51.4 Å². The lowest BCUT2D eigenvalue weighted by atomic mass is 9.46. The van der Waals surface area contributed by atoms with Gasteiger partial charge in [0, 0.05) is 0 Å². The lowest BCUT2D eigenvalue weighted by Gasteiger charge is -2.59. The van der Waals surface area contributed by atoms with Gasteiger partial charge < -0.3 is 5.11 Å². The fraction of sp³-hybridized carbons (Fsp3) is 0.926. The number of hydrogen-bond donors (Lipinski definition) is 1. The minimum absolute atomic E-state index is 0.00348. The molecule has 212 valence electrons. The molecule has 1 saturated heterocycles. The second kappa shape index (κ2) is 9.84. The lowest BCUT2D eigenvalue weighted by Crippen LogP contribution is -2.54. The largest absolute Gasteiger partial charge is 0.416 e. The molecule has 0 radical (unpaired) electrons. The van der Waals surface area contributed by atoms with Gasteiger partial charge in [-0.15, -0.1) is 3.63 Å². The van der Waals surface area contributed by atoms with Gasteiger partial charge >= 0.3 is 20.8 Å². The standard InChI is InChI=1S/C27H44O8S2/c1-17(2)6-5-7-18-16-33-36(29,30)35-37(31,32)34-25-15-27(4)19(14-24(25)28)8-9-20-22-11-10-21(18)26(22,3)13-12-23(20)27/h8,17-18,20-25,28H,5-7,9-16H2,1-4H3/t18-,20-,21+,22-,23-,24-,25-,26+,27-/m0/s1. The summed E-state index contributed by atoms with van der Waals surface area (Å²) in [7, 11) is -9.79. The first kappa shape index (κ1) is 28.0. The van der Waals surface area contributed by atoms with Crippen LogP contribution in [-0.2, 0) is 32.8 Å². The predicted octanol–water partition coefficient (Wildman–Crippen LogP) is 4.90. The summed E-state index contributed by atoms with van der Waals surface area (Å²) in [4.78, 5) is 0. The molecule has 0 unspecified atom stereocenters. The van der Waals surface area contributed by atoms with Crippen LogP contribution in [0.2, 0.25) is 0 Å². The SMILES string of the molecule is CC(C)CCC[C@H]1COS(=O)(=O)OS(=O)(=O)O[C@H]2C[C@@]3(C)C(=CC[C@H]4[C@@H]5CC[C@H]1[C@@]5(C)CC[C@@H]43)C[C@@H]2O. The molecule has 0 spiro atoms. The molecule has 37 heavy (non-hydrogen) atoms. The Hall–Kier alpha value is -0.520. The van der Waals surface area contributed by atoms with Gasteiger partial charge in [0.25, 0.3) is 0 Å². The summed E-state index contributed by atoms with van der Waals surface area (Å²) in [5.74, 6) is 2.29. The van der Waals surface area contributed by atoms with Gasteiger partial charge in [0.2, 0.25) is 0 Å². The third kappa shape index (κ3) is 5.20. The molecule has 1 aliphatic heterocycles. The molecule has 1 heterocycles. The second-order valence-electron chi connectivity index (χ2n) is 13.4. The van der Waals surface area contributed by atoms with Crippen LogP contribution in [0.25, 0.3) is 0 Å². The Labute approximate surface area is 223 Å². The van der Waals surface area contributed by atoms with Crippen molar-refractivity contribution in [2.75, 3.05) is 6.61 Å². The summed E-state index contributed by atoms with van der Waals surface area (Å²) in [6, 6.07) is 0. The van der Waals surface area contributed by atoms with Gasteiger partial charge in [0.15, 0.2) is 0 Å². The molecule has 4 aliphatic carbocycles. The Morgan fingerprint density at radius 2 is 1.78 bits per heavy atom. The van der Waals surface area contributed by atoms with Crippen molar-refractivity contribution in [1.82, 2.24) is 0 Å². The first-order valence-corrected chi connectivity index (χ1v) is 16.8. The average Bonchev–Trinajstić information content (AvgIpc) is 3.12. The summed E-state index contributed by atoms with van der Waals surface area (Å²) in [6.45, 7) is 8.87. The molecule has 5 rings (SSSR count). The summed E-state index contributed by atoms with van der Waals surface area (Å²) in [6.07, 6.45) is 8.96. The van der Waals surface area contributed by atoms with Crippen molar-refractivity contribution in [1.29, 1.82) is 0 Å². The topological polar surface area (TPSA) is 116 Å². The van der Waals surface area contributed by atoms with E-state index in [1.54, 1.807) is 0 Å². The summed E-state index contributed by atoms with van der Waals surface area (Å²) in [5, 5.41) is 10.8. The zero-order valence-corrected chi connectivity index (χ0v) is 24.2. The molecule has 1 N–H and O–H groups in total. The van der Waals surface area contributed by atoms with Crippen molar-refractivity contribution in [2.45, 2.75) is 104 Å². The van der Waals surface area contributed by atoms with E-state index in [2.05, 4.69) is 37.4 Å². The lowest BCUT2D eigenvalue weighted by molar-refractivity contribution is -0.0841. The number of fused-ring (bicyclic) bond motifs is 3. The van der Waals surface area contributed by atoms with E-state index in [9.17, 15) is 21.9 Å². The van der Waals surface area contributed by atoms with Crippen LogP contribution in [0.1, 0.15) is 91.9 Å². The molecule has 5 aliphatic rings. The zero-order chi connectivity index (χ0) is 26.8. The molecular formula is C27H44O8S2. The van der Waals surface area contributed by atoms with E-state index in [-0.39, 0.29) is 23.4 Å². The van der Waals surface area contributed by atoms with E-state index < -0.39 is 33.0 Å². The molecule has 0 aromatic heterocycles. The molecule has 3 saturated carbocycles. The summed E-state index contributed by atoms with van der Waals surface area (Å²) in [5.41, 5.74) is 0.980. The van der Waals surface area contributed by atoms with Crippen LogP contribution in [0.15, 0.2) is 11.6 Å². The third-order valence-corrected chi connectivity index (χ3v) is 13.2. The van der Waals surface area contributed by atoms with Gasteiger partial charge in [-0.25, -0.2) is 8.37 Å². The molecule has 0 aromatic rings. The smallest absolute Gasteiger partial charge is 0.390 e. The number of hydrogen-bond acceptors (Lipinski definition) is 8. The summed E-state index contributed by atoms with van der Waals surface area (Å²) >= 11 is 0. The Balaban J connectivity index is 1.54. The van der Waals surface area contributed by atoms with Crippen LogP contribution >= 0.6 is 0 Å². The molecule has 10 heteroatoms. The maximum atomic E-state index is 12.7. The molecule has 4 bridgehead atoms. The van der Waals surface area contributed by atoms with Crippen LogP contribution in [0.5, 0.6) is 0 Å². The van der Waals surface area contributed by atoms with E-state index in [1.165, 1.54) is 5.57 Å². The first-order valence-electron chi connectivity index (χ1n) is 14.2. The van der Waals surface area contributed by atoms with Crippen LogP contribution in [-0.4, -0.2) is 40.8 Å². The van der Waals surface area contributed by atoms with Crippen molar-refractivity contribution in [2.24, 2.45) is 46.3 Å². The van der Waals surface area contributed by atoms with Gasteiger partial charge in [0.1, 0.15) is 6.10 Å². The Bertz CT molecular complexity index is 1120. The Morgan fingerprint density at radius 1 is 1.05 bits per heavy atom. The third-order valence-electron chi connectivity index (χ3n) is 10.9. The fourth-order valence-corrected chi connectivity index (χ4v) is 11.2. The minimum Gasteiger partial charge on any atom is -0.390 e. The normalized spacial score (nSPS) is 46.9. The number of aliphatic hydroxyl groups is 1. The molecule has 0 aromatic carbocycles. The highest BCUT2D eigenvalue weighted by Gasteiger charge is 2.60. The Morgan fingerprint density at radius 3 is 2.51 bits per heavy atom. The maximum absolute atomic E-state index is 12.7. The van der Waals surface area contributed by atoms with Gasteiger partial charge in [-0.3, -0.25) is 0 Å². The van der Waals surface area contributed by atoms with Crippen LogP contribution in [0.3, 0.4) is 0 Å². The molecule has 4 fully saturated rings. The monoisotopic (exact) mass is 560 g/mol. The van der Waals surface area contributed by atoms with Crippen LogP contribution in [0.4, 0.5) is 0 Å². The van der Waals surface area contributed by atoms with Crippen LogP contribution < -0.4 is 0 Å². The highest BCUT2D eigenvalue weighted by molar-refractivity contribution is 7.95. The van der Waals surface area contributed by atoms with Gasteiger partial charge in [0.05, 0.1) is 12.7 Å². The van der Waals surface area contributed by atoms with E-state index in [0.29, 0.717) is 42.4 Å². The average molecular weight is 561 g/mol. The quantitative estimate of drug-likeness (QED) is 0.483. The number of allylic oxidation sites excluding steroid dienone is 1. The number of aliphatic hydroxyl groups excluding tert-OH is 1. The van der Waals surface area contributed by atoms with E-state index in [1.807, 2.05) is 0 Å². The summed E-state index contributed by atoms with van der Waals surface area (Å²) < 4.78 is 65.6. The maximum Gasteiger partial charge on any atom is 0.416 e. The molecule has 8 nitrogen and oxygen atoms in total. The van der Waals surface area contributed by atoms with Crippen molar-refractivity contribution in [3.63, 3.8) is 0 Å². The van der Waals surface area contributed by atoms with Crippen molar-refractivity contribution >= 4 is 20.8 Å². The van der Waals surface area contributed by atoms with Crippen molar-refractivity contribution in [3.05, 3.63) is 11.6 Å². The van der Waals surface area contributed by atoms with E-state index >= 15 is 0 Å². The fourth-order valence-electron chi connectivity index (χ4n) is 9.23. The highest BCUT2D eigenvalue weighted by atomic mass is 32.3. The minimum atomic E-state index is -4.95. The molecule has 0 amide bonds. The Kier molecular flexibility index (Phi) is 7.45. The van der Waals surface area contributed by atoms with Gasteiger partial charge in [-0.05, 0) is 97.7 Å². The second-order valence-corrected chi connectivity index (χ2v) is 16.0.